The Hall–Kier alpha value is -3.09. The summed E-state index contributed by atoms with van der Waals surface area (Å²) >= 11 is 0. The molecule has 1 aromatic heterocycles. The first-order chi connectivity index (χ1) is 12.1. The fourth-order valence-electron chi connectivity index (χ4n) is 2.22. The van der Waals surface area contributed by atoms with E-state index in [1.165, 1.54) is 6.07 Å². The van der Waals surface area contributed by atoms with Crippen LogP contribution in [-0.4, -0.2) is 24.4 Å². The van der Waals surface area contributed by atoms with Gasteiger partial charge in [0.2, 0.25) is 5.82 Å². The van der Waals surface area contributed by atoms with Gasteiger partial charge >= 0.3 is 0 Å². The van der Waals surface area contributed by atoms with Crippen LogP contribution in [0.3, 0.4) is 0 Å². The molecule has 3 aromatic rings. The fraction of sp³-hybridized carbons (Fsp3) is 0.222. The highest BCUT2D eigenvalue weighted by Crippen LogP contribution is 2.29. The van der Waals surface area contributed by atoms with Gasteiger partial charge in [-0.15, -0.1) is 0 Å². The number of ether oxygens (including phenoxy) is 3. The van der Waals surface area contributed by atoms with Gasteiger partial charge in [0.15, 0.2) is 18.2 Å². The lowest BCUT2D eigenvalue weighted by Gasteiger charge is -2.06. The minimum Gasteiger partial charge on any atom is -0.497 e. The van der Waals surface area contributed by atoms with Crippen LogP contribution in [0.2, 0.25) is 0 Å². The van der Waals surface area contributed by atoms with Crippen molar-refractivity contribution in [3.63, 3.8) is 0 Å². The zero-order valence-corrected chi connectivity index (χ0v) is 14.1. The van der Waals surface area contributed by atoms with Crippen LogP contribution < -0.4 is 14.2 Å². The number of hydrogen-bond acceptors (Lipinski definition) is 6. The van der Waals surface area contributed by atoms with Crippen LogP contribution in [0.5, 0.6) is 17.2 Å². The average molecular weight is 344 g/mol. The lowest BCUT2D eigenvalue weighted by molar-refractivity contribution is 0.273. The van der Waals surface area contributed by atoms with Crippen molar-refractivity contribution in [3.05, 3.63) is 53.6 Å². The molecule has 25 heavy (non-hydrogen) atoms. The maximum atomic E-state index is 13.7. The van der Waals surface area contributed by atoms with E-state index in [2.05, 4.69) is 10.1 Å². The molecule has 0 aliphatic carbocycles. The van der Waals surface area contributed by atoms with Gasteiger partial charge in [-0.05, 0) is 36.8 Å². The summed E-state index contributed by atoms with van der Waals surface area (Å²) in [4.78, 5) is 4.26. The second-order valence-corrected chi connectivity index (χ2v) is 5.34. The normalized spacial score (nSPS) is 10.6. The zero-order valence-electron chi connectivity index (χ0n) is 14.1. The molecule has 1 heterocycles. The van der Waals surface area contributed by atoms with Gasteiger partial charge in [-0.1, -0.05) is 11.2 Å². The third kappa shape index (κ3) is 3.88. The molecule has 0 fully saturated rings. The first-order valence-electron chi connectivity index (χ1n) is 7.54. The number of hydrogen-bond donors (Lipinski definition) is 0. The van der Waals surface area contributed by atoms with Crippen LogP contribution in [-0.2, 0) is 6.61 Å². The molecule has 0 amide bonds. The van der Waals surface area contributed by atoms with Crippen molar-refractivity contribution in [1.29, 1.82) is 0 Å². The van der Waals surface area contributed by atoms with Crippen LogP contribution in [0.25, 0.3) is 11.5 Å². The van der Waals surface area contributed by atoms with Crippen molar-refractivity contribution in [1.82, 2.24) is 10.1 Å². The SMILES string of the molecule is COc1cc(OC)cc(-c2nc(COc3cc(C)ccc3F)no2)c1. The van der Waals surface area contributed by atoms with Gasteiger partial charge in [0.05, 0.1) is 14.2 Å². The average Bonchev–Trinajstić information content (AvgIpc) is 3.11. The third-order valence-electron chi connectivity index (χ3n) is 3.51. The monoisotopic (exact) mass is 344 g/mol. The maximum absolute atomic E-state index is 13.7. The standard InChI is InChI=1S/C18H17FN2O4/c1-11-4-5-15(19)16(6-11)24-10-17-20-18(25-21-17)12-7-13(22-2)9-14(8-12)23-3/h4-9H,10H2,1-3H3. The largest absolute Gasteiger partial charge is 0.497 e. The summed E-state index contributed by atoms with van der Waals surface area (Å²) in [6.45, 7) is 1.85. The Morgan fingerprint density at radius 2 is 1.76 bits per heavy atom. The van der Waals surface area contributed by atoms with E-state index in [0.29, 0.717) is 28.8 Å². The van der Waals surface area contributed by atoms with Crippen molar-refractivity contribution in [2.24, 2.45) is 0 Å². The fourth-order valence-corrected chi connectivity index (χ4v) is 2.22. The lowest BCUT2D eigenvalue weighted by atomic mass is 10.2. The number of methoxy groups -OCH3 is 2. The Morgan fingerprint density at radius 1 is 1.04 bits per heavy atom. The Labute approximate surface area is 144 Å². The van der Waals surface area contributed by atoms with E-state index in [4.69, 9.17) is 18.7 Å². The first kappa shape index (κ1) is 16.8. The molecule has 0 atom stereocenters. The van der Waals surface area contributed by atoms with Gasteiger partial charge in [-0.2, -0.15) is 4.98 Å². The Morgan fingerprint density at radius 3 is 2.44 bits per heavy atom. The third-order valence-corrected chi connectivity index (χ3v) is 3.51. The number of benzene rings is 2. The van der Waals surface area contributed by atoms with Gasteiger partial charge in [0.1, 0.15) is 11.5 Å². The van der Waals surface area contributed by atoms with Crippen molar-refractivity contribution in [2.45, 2.75) is 13.5 Å². The smallest absolute Gasteiger partial charge is 0.258 e. The van der Waals surface area contributed by atoms with Gasteiger partial charge in [-0.25, -0.2) is 4.39 Å². The zero-order chi connectivity index (χ0) is 17.8. The summed E-state index contributed by atoms with van der Waals surface area (Å²) in [7, 11) is 3.12. The van der Waals surface area contributed by atoms with E-state index in [1.807, 2.05) is 6.92 Å². The quantitative estimate of drug-likeness (QED) is 0.678. The van der Waals surface area contributed by atoms with Crippen molar-refractivity contribution in [3.8, 4) is 28.7 Å². The Bertz CT molecular complexity index is 857. The van der Waals surface area contributed by atoms with E-state index in [9.17, 15) is 4.39 Å². The highest BCUT2D eigenvalue weighted by Gasteiger charge is 2.13. The van der Waals surface area contributed by atoms with E-state index in [1.54, 1.807) is 44.6 Å². The summed E-state index contributed by atoms with van der Waals surface area (Å²) in [5, 5.41) is 3.86. The molecule has 2 aromatic carbocycles. The van der Waals surface area contributed by atoms with Crippen molar-refractivity contribution < 1.29 is 23.1 Å². The molecule has 0 N–H and O–H groups in total. The van der Waals surface area contributed by atoms with Gasteiger partial charge in [0, 0.05) is 11.6 Å². The molecule has 0 spiro atoms. The topological polar surface area (TPSA) is 66.6 Å². The van der Waals surface area contributed by atoms with Crippen LogP contribution in [0.15, 0.2) is 40.9 Å². The number of rotatable bonds is 6. The molecule has 0 saturated heterocycles. The molecular weight excluding hydrogens is 327 g/mol. The Balaban J connectivity index is 1.77. The molecule has 0 aliphatic rings. The predicted octanol–water partition coefficient (Wildman–Crippen LogP) is 3.78. The summed E-state index contributed by atoms with van der Waals surface area (Å²) in [6.07, 6.45) is 0. The molecule has 0 radical (unpaired) electrons. The summed E-state index contributed by atoms with van der Waals surface area (Å²) in [5.74, 6) is 1.51. The molecule has 130 valence electrons. The highest BCUT2D eigenvalue weighted by atomic mass is 19.1. The van der Waals surface area contributed by atoms with Gasteiger partial charge < -0.3 is 18.7 Å². The first-order valence-corrected chi connectivity index (χ1v) is 7.54. The second-order valence-electron chi connectivity index (χ2n) is 5.34. The lowest BCUT2D eigenvalue weighted by Crippen LogP contribution is -1.99. The number of nitrogens with zero attached hydrogens (tertiary/aromatic N) is 2. The number of halogens is 1. The van der Waals surface area contributed by atoms with E-state index in [0.717, 1.165) is 5.56 Å². The summed E-state index contributed by atoms with van der Waals surface area (Å²) in [5.41, 5.74) is 1.55. The summed E-state index contributed by atoms with van der Waals surface area (Å²) < 4.78 is 34.8. The minimum atomic E-state index is -0.438. The van der Waals surface area contributed by atoms with Crippen LogP contribution in [0.1, 0.15) is 11.4 Å². The number of aromatic nitrogens is 2. The minimum absolute atomic E-state index is 0.00895. The molecule has 3 rings (SSSR count). The molecule has 0 unspecified atom stereocenters. The molecule has 0 bridgehead atoms. The van der Waals surface area contributed by atoms with E-state index >= 15 is 0 Å². The van der Waals surface area contributed by atoms with Gasteiger partial charge in [-0.3, -0.25) is 0 Å². The molecular formula is C18H17FN2O4. The maximum Gasteiger partial charge on any atom is 0.258 e. The van der Waals surface area contributed by atoms with Gasteiger partial charge in [0.25, 0.3) is 5.89 Å². The van der Waals surface area contributed by atoms with Crippen LogP contribution in [0, 0.1) is 12.7 Å². The highest BCUT2D eigenvalue weighted by molar-refractivity contribution is 5.59. The Kier molecular flexibility index (Phi) is 4.83. The molecule has 0 saturated carbocycles. The number of aryl methyl sites for hydroxylation is 1. The summed E-state index contributed by atoms with van der Waals surface area (Å²) in [6, 6.07) is 9.88. The van der Waals surface area contributed by atoms with E-state index in [-0.39, 0.29) is 12.4 Å². The van der Waals surface area contributed by atoms with Crippen LogP contribution in [0.4, 0.5) is 4.39 Å². The van der Waals surface area contributed by atoms with E-state index < -0.39 is 5.82 Å². The van der Waals surface area contributed by atoms with Crippen molar-refractivity contribution >= 4 is 0 Å². The predicted molar refractivity (Wildman–Crippen MR) is 88.3 cm³/mol. The second kappa shape index (κ2) is 7.21. The molecule has 0 aliphatic heterocycles. The molecule has 7 heteroatoms. The van der Waals surface area contributed by atoms with Crippen molar-refractivity contribution in [2.75, 3.05) is 14.2 Å². The molecule has 6 nitrogen and oxygen atoms in total. The van der Waals surface area contributed by atoms with Crippen LogP contribution >= 0.6 is 0 Å².